The minimum atomic E-state index is -3.77. The maximum atomic E-state index is 12.5. The number of rotatable bonds is 7. The van der Waals surface area contributed by atoms with E-state index in [0.29, 0.717) is 5.69 Å². The molecule has 2 heterocycles. The van der Waals surface area contributed by atoms with Crippen LogP contribution in [0.25, 0.3) is 9.88 Å². The fraction of sp³-hybridized carbons (Fsp3) is 0.222. The van der Waals surface area contributed by atoms with Crippen LogP contribution < -0.4 is 4.74 Å². The van der Waals surface area contributed by atoms with Gasteiger partial charge in [0.25, 0.3) is 0 Å². The third-order valence-electron chi connectivity index (χ3n) is 3.79. The van der Waals surface area contributed by atoms with E-state index >= 15 is 0 Å². The van der Waals surface area contributed by atoms with Gasteiger partial charge in [0.05, 0.1) is 23.2 Å². The van der Waals surface area contributed by atoms with E-state index < -0.39 is 16.0 Å². The fourth-order valence-corrected chi connectivity index (χ4v) is 5.00. The molecule has 1 aromatic carbocycles. The lowest BCUT2D eigenvalue weighted by molar-refractivity contribution is 0.0468. The average Bonchev–Trinajstić information content (AvgIpc) is 3.36. The first kappa shape index (κ1) is 20.5. The Balaban J connectivity index is 1.76. The summed E-state index contributed by atoms with van der Waals surface area (Å²) in [7, 11) is 0.417. The van der Waals surface area contributed by atoms with Crippen LogP contribution in [0.4, 0.5) is 0 Å². The Morgan fingerprint density at radius 3 is 2.64 bits per heavy atom. The van der Waals surface area contributed by atoms with Crippen molar-refractivity contribution in [1.82, 2.24) is 9.29 Å². The van der Waals surface area contributed by atoms with Crippen LogP contribution in [0.3, 0.4) is 0 Å². The smallest absolute Gasteiger partial charge is 0.338 e. The Morgan fingerprint density at radius 1 is 1.21 bits per heavy atom. The zero-order valence-corrected chi connectivity index (χ0v) is 17.9. The highest BCUT2D eigenvalue weighted by atomic mass is 32.2. The predicted molar refractivity (Wildman–Crippen MR) is 108 cm³/mol. The van der Waals surface area contributed by atoms with E-state index in [1.165, 1.54) is 50.7 Å². The molecule has 0 amide bonds. The normalized spacial score (nSPS) is 11.6. The van der Waals surface area contributed by atoms with Crippen molar-refractivity contribution in [2.45, 2.75) is 11.5 Å². The SMILES string of the molecule is COc1ccc(C(=O)OCc2csc(-c3cccs3)n2)cc1S(=O)(=O)N(C)C. The molecule has 0 fully saturated rings. The van der Waals surface area contributed by atoms with E-state index in [4.69, 9.17) is 9.47 Å². The first-order valence-corrected chi connectivity index (χ1v) is 11.3. The summed E-state index contributed by atoms with van der Waals surface area (Å²) in [4.78, 5) is 17.8. The van der Waals surface area contributed by atoms with Gasteiger partial charge >= 0.3 is 5.97 Å². The third-order valence-corrected chi connectivity index (χ3v) is 7.56. The number of aromatic nitrogens is 1. The van der Waals surface area contributed by atoms with Gasteiger partial charge in [0.15, 0.2) is 0 Å². The molecular weight excluding hydrogens is 420 g/mol. The van der Waals surface area contributed by atoms with Crippen LogP contribution in [0.15, 0.2) is 46.0 Å². The zero-order chi connectivity index (χ0) is 20.3. The number of thiophene rings is 1. The number of sulfonamides is 1. The van der Waals surface area contributed by atoms with Gasteiger partial charge in [-0.2, -0.15) is 0 Å². The lowest BCUT2D eigenvalue weighted by Crippen LogP contribution is -2.23. The number of hydrogen-bond acceptors (Lipinski definition) is 8. The molecule has 0 radical (unpaired) electrons. The highest BCUT2D eigenvalue weighted by molar-refractivity contribution is 7.89. The maximum Gasteiger partial charge on any atom is 0.338 e. The van der Waals surface area contributed by atoms with Gasteiger partial charge in [0.2, 0.25) is 10.0 Å². The van der Waals surface area contributed by atoms with Crippen LogP contribution in [-0.4, -0.2) is 44.9 Å². The summed E-state index contributed by atoms with van der Waals surface area (Å²) in [6.45, 7) is 0.00248. The topological polar surface area (TPSA) is 85.8 Å². The number of benzene rings is 1. The molecule has 0 saturated heterocycles. The van der Waals surface area contributed by atoms with Crippen LogP contribution in [0, 0.1) is 0 Å². The van der Waals surface area contributed by atoms with Crippen LogP contribution in [-0.2, 0) is 21.4 Å². The molecule has 0 aliphatic rings. The molecule has 0 N–H and O–H groups in total. The number of hydrogen-bond donors (Lipinski definition) is 0. The number of carbonyl (C=O) groups is 1. The summed E-state index contributed by atoms with van der Waals surface area (Å²) in [5, 5.41) is 4.67. The van der Waals surface area contributed by atoms with Crippen molar-refractivity contribution in [1.29, 1.82) is 0 Å². The quantitative estimate of drug-likeness (QED) is 0.525. The number of esters is 1. The second-order valence-electron chi connectivity index (χ2n) is 5.85. The monoisotopic (exact) mass is 438 g/mol. The highest BCUT2D eigenvalue weighted by Crippen LogP contribution is 2.29. The van der Waals surface area contributed by atoms with Crippen LogP contribution in [0.2, 0.25) is 0 Å². The zero-order valence-electron chi connectivity index (χ0n) is 15.4. The van der Waals surface area contributed by atoms with Crippen LogP contribution in [0.1, 0.15) is 16.1 Å². The summed E-state index contributed by atoms with van der Waals surface area (Å²) in [5.74, 6) is -0.478. The molecular formula is C18H18N2O5S3. The van der Waals surface area contributed by atoms with Crippen molar-refractivity contribution in [3.63, 3.8) is 0 Å². The van der Waals surface area contributed by atoms with E-state index in [9.17, 15) is 13.2 Å². The van der Waals surface area contributed by atoms with Crippen molar-refractivity contribution in [2.75, 3.05) is 21.2 Å². The summed E-state index contributed by atoms with van der Waals surface area (Å²) in [5.41, 5.74) is 0.756. The van der Waals surface area contributed by atoms with Gasteiger partial charge in [-0.1, -0.05) is 6.07 Å². The van der Waals surface area contributed by atoms with Crippen molar-refractivity contribution < 1.29 is 22.7 Å². The first-order valence-electron chi connectivity index (χ1n) is 8.09. The molecule has 0 atom stereocenters. The van der Waals surface area contributed by atoms with E-state index in [-0.39, 0.29) is 22.8 Å². The molecule has 0 aliphatic carbocycles. The van der Waals surface area contributed by atoms with E-state index in [1.54, 1.807) is 11.3 Å². The number of thiazole rings is 1. The first-order chi connectivity index (χ1) is 13.3. The summed E-state index contributed by atoms with van der Waals surface area (Å²) < 4.78 is 36.4. The Labute approximate surface area is 171 Å². The van der Waals surface area contributed by atoms with Crippen molar-refractivity contribution in [2.24, 2.45) is 0 Å². The van der Waals surface area contributed by atoms with Gasteiger partial charge < -0.3 is 9.47 Å². The van der Waals surface area contributed by atoms with Gasteiger partial charge in [0.1, 0.15) is 22.3 Å². The van der Waals surface area contributed by atoms with Crippen LogP contribution in [0.5, 0.6) is 5.75 Å². The van der Waals surface area contributed by atoms with Gasteiger partial charge in [-0.3, -0.25) is 0 Å². The molecule has 7 nitrogen and oxygen atoms in total. The molecule has 3 rings (SSSR count). The van der Waals surface area contributed by atoms with Gasteiger partial charge in [-0.25, -0.2) is 22.5 Å². The maximum absolute atomic E-state index is 12.5. The Hall–Kier alpha value is -2.27. The second-order valence-corrected chi connectivity index (χ2v) is 9.78. The Kier molecular flexibility index (Phi) is 6.14. The summed E-state index contributed by atoms with van der Waals surface area (Å²) in [6, 6.07) is 8.08. The van der Waals surface area contributed by atoms with Gasteiger partial charge in [-0.15, -0.1) is 22.7 Å². The number of ether oxygens (including phenoxy) is 2. The lowest BCUT2D eigenvalue weighted by atomic mass is 10.2. The second kappa shape index (κ2) is 8.39. The Morgan fingerprint density at radius 2 is 2.00 bits per heavy atom. The van der Waals surface area contributed by atoms with E-state index in [2.05, 4.69) is 4.98 Å². The minimum Gasteiger partial charge on any atom is -0.495 e. The van der Waals surface area contributed by atoms with Crippen molar-refractivity contribution in [3.05, 3.63) is 52.3 Å². The molecule has 3 aromatic rings. The summed E-state index contributed by atoms with van der Waals surface area (Å²) in [6.07, 6.45) is 0. The number of methoxy groups -OCH3 is 1. The molecule has 10 heteroatoms. The average molecular weight is 439 g/mol. The Bertz CT molecular complexity index is 1070. The largest absolute Gasteiger partial charge is 0.495 e. The highest BCUT2D eigenvalue weighted by Gasteiger charge is 2.24. The third kappa shape index (κ3) is 4.25. The molecule has 0 spiro atoms. The summed E-state index contributed by atoms with van der Waals surface area (Å²) >= 11 is 3.06. The van der Waals surface area contributed by atoms with Gasteiger partial charge in [-0.05, 0) is 29.6 Å². The number of carbonyl (C=O) groups excluding carboxylic acids is 1. The molecule has 0 bridgehead atoms. The molecule has 148 valence electrons. The van der Waals surface area contributed by atoms with Crippen molar-refractivity contribution >= 4 is 38.7 Å². The lowest BCUT2D eigenvalue weighted by Gasteiger charge is -2.15. The standard InChI is InChI=1S/C18H18N2O5S3/c1-20(2)28(22,23)16-9-12(6-7-14(16)24-3)18(21)25-10-13-11-27-17(19-13)15-5-4-8-26-15/h4-9,11H,10H2,1-3H3. The van der Waals surface area contributed by atoms with Crippen LogP contribution >= 0.6 is 22.7 Å². The predicted octanol–water partition coefficient (Wildman–Crippen LogP) is 3.49. The van der Waals surface area contributed by atoms with E-state index in [0.717, 1.165) is 14.2 Å². The van der Waals surface area contributed by atoms with Crippen molar-refractivity contribution in [3.8, 4) is 15.6 Å². The number of nitrogens with zero attached hydrogens (tertiary/aromatic N) is 2. The minimum absolute atomic E-state index is 0.00248. The van der Waals surface area contributed by atoms with Gasteiger partial charge in [0, 0.05) is 19.5 Å². The molecule has 28 heavy (non-hydrogen) atoms. The molecule has 0 saturated carbocycles. The molecule has 2 aromatic heterocycles. The molecule has 0 aliphatic heterocycles. The molecule has 0 unspecified atom stereocenters. The fourth-order valence-electron chi connectivity index (χ4n) is 2.31. The van der Waals surface area contributed by atoms with E-state index in [1.807, 2.05) is 22.9 Å².